The molecule has 1 amide bonds. The van der Waals surface area contributed by atoms with Crippen molar-refractivity contribution in [1.29, 1.82) is 0 Å². The van der Waals surface area contributed by atoms with Crippen LogP contribution < -0.4 is 0 Å². The van der Waals surface area contributed by atoms with Crippen LogP contribution in [0.4, 0.5) is 0 Å². The van der Waals surface area contributed by atoms with Crippen LogP contribution in [0.3, 0.4) is 0 Å². The summed E-state index contributed by atoms with van der Waals surface area (Å²) in [5, 5.41) is 0.756. The van der Waals surface area contributed by atoms with Gasteiger partial charge in [0.2, 0.25) is 15.9 Å². The van der Waals surface area contributed by atoms with E-state index in [2.05, 4.69) is 13.8 Å². The Morgan fingerprint density at radius 2 is 1.82 bits per heavy atom. The van der Waals surface area contributed by atoms with Gasteiger partial charge in [0, 0.05) is 32.1 Å². The van der Waals surface area contributed by atoms with Gasteiger partial charge in [-0.3, -0.25) is 4.79 Å². The second-order valence-corrected chi connectivity index (χ2v) is 11.5. The number of nitrogens with zero attached hydrogens (tertiary/aromatic N) is 2. The van der Waals surface area contributed by atoms with E-state index in [1.54, 1.807) is 18.2 Å². The van der Waals surface area contributed by atoms with Gasteiger partial charge in [0.05, 0.1) is 15.8 Å². The molecule has 2 aliphatic rings. The van der Waals surface area contributed by atoms with Crippen LogP contribution in [0.5, 0.6) is 0 Å². The van der Waals surface area contributed by atoms with Crippen LogP contribution in [-0.2, 0) is 20.6 Å². The average Bonchev–Trinajstić information content (AvgIpc) is 2.63. The number of halogens is 2. The highest BCUT2D eigenvalue weighted by molar-refractivity contribution is 7.88. The number of sulfonamides is 1. The molecule has 0 N–H and O–H groups in total. The average molecular weight is 447 g/mol. The van der Waals surface area contributed by atoms with Crippen molar-refractivity contribution in [3.8, 4) is 0 Å². The fourth-order valence-electron chi connectivity index (χ4n) is 4.18. The third-order valence-corrected chi connectivity index (χ3v) is 8.33. The number of piperidine rings is 2. The molecule has 1 aromatic carbocycles. The van der Waals surface area contributed by atoms with E-state index < -0.39 is 10.0 Å². The van der Waals surface area contributed by atoms with Crippen molar-refractivity contribution in [2.24, 2.45) is 11.3 Å². The third kappa shape index (κ3) is 5.21. The zero-order valence-corrected chi connectivity index (χ0v) is 18.8. The predicted octanol–water partition coefficient (Wildman–Crippen LogP) is 4.18. The smallest absolute Gasteiger partial charge is 0.225 e. The number of benzene rings is 1. The molecular weight excluding hydrogens is 419 g/mol. The van der Waals surface area contributed by atoms with Crippen molar-refractivity contribution in [3.05, 3.63) is 33.8 Å². The highest BCUT2D eigenvalue weighted by atomic mass is 35.5. The molecule has 2 fully saturated rings. The molecule has 3 rings (SSSR count). The number of hydrogen-bond donors (Lipinski definition) is 0. The molecule has 0 atom stereocenters. The van der Waals surface area contributed by atoms with E-state index in [1.807, 2.05) is 4.90 Å². The van der Waals surface area contributed by atoms with Crippen LogP contribution in [0, 0.1) is 11.3 Å². The molecule has 1 aromatic rings. The number of carbonyl (C=O) groups excluding carboxylic acids is 1. The Morgan fingerprint density at radius 1 is 1.14 bits per heavy atom. The quantitative estimate of drug-likeness (QED) is 0.696. The van der Waals surface area contributed by atoms with E-state index in [0.717, 1.165) is 25.9 Å². The topological polar surface area (TPSA) is 57.7 Å². The van der Waals surface area contributed by atoms with Gasteiger partial charge in [0.25, 0.3) is 0 Å². The predicted molar refractivity (Wildman–Crippen MR) is 113 cm³/mol. The first kappa shape index (κ1) is 21.9. The van der Waals surface area contributed by atoms with E-state index in [1.165, 1.54) is 4.31 Å². The maximum absolute atomic E-state index is 12.9. The highest BCUT2D eigenvalue weighted by Gasteiger charge is 2.36. The van der Waals surface area contributed by atoms with Crippen LogP contribution in [0.15, 0.2) is 18.2 Å². The van der Waals surface area contributed by atoms with Gasteiger partial charge in [-0.05, 0) is 48.8 Å². The van der Waals surface area contributed by atoms with Gasteiger partial charge in [-0.15, -0.1) is 0 Å². The van der Waals surface area contributed by atoms with E-state index in [-0.39, 0.29) is 23.0 Å². The van der Waals surface area contributed by atoms with Crippen LogP contribution in [0.1, 0.15) is 45.1 Å². The maximum Gasteiger partial charge on any atom is 0.225 e. The van der Waals surface area contributed by atoms with Crippen molar-refractivity contribution >= 4 is 39.1 Å². The molecule has 5 nitrogen and oxygen atoms in total. The molecule has 0 aromatic heterocycles. The summed E-state index contributed by atoms with van der Waals surface area (Å²) >= 11 is 11.9. The fraction of sp³-hybridized carbons (Fsp3) is 0.650. The third-order valence-electron chi connectivity index (χ3n) is 5.74. The zero-order chi connectivity index (χ0) is 20.5. The summed E-state index contributed by atoms with van der Waals surface area (Å²) in [6, 6.07) is 4.88. The first-order valence-corrected chi connectivity index (χ1v) is 12.1. The van der Waals surface area contributed by atoms with Crippen molar-refractivity contribution in [3.63, 3.8) is 0 Å². The van der Waals surface area contributed by atoms with Gasteiger partial charge in [-0.25, -0.2) is 12.7 Å². The molecule has 0 bridgehead atoms. The Kier molecular flexibility index (Phi) is 6.64. The van der Waals surface area contributed by atoms with Gasteiger partial charge < -0.3 is 4.90 Å². The summed E-state index contributed by atoms with van der Waals surface area (Å²) in [6.07, 6.45) is 3.34. The first-order chi connectivity index (χ1) is 13.1. The monoisotopic (exact) mass is 446 g/mol. The largest absolute Gasteiger partial charge is 0.342 e. The summed E-state index contributed by atoms with van der Waals surface area (Å²) in [6.45, 7) is 6.78. The Balaban J connectivity index is 1.58. The minimum Gasteiger partial charge on any atom is -0.342 e. The van der Waals surface area contributed by atoms with Gasteiger partial charge in [0.15, 0.2) is 0 Å². The van der Waals surface area contributed by atoms with Gasteiger partial charge in [-0.2, -0.15) is 0 Å². The van der Waals surface area contributed by atoms with Gasteiger partial charge in [0.1, 0.15) is 0 Å². The lowest BCUT2D eigenvalue weighted by Crippen LogP contribution is -2.49. The molecule has 2 heterocycles. The van der Waals surface area contributed by atoms with Gasteiger partial charge >= 0.3 is 0 Å². The summed E-state index contributed by atoms with van der Waals surface area (Å²) in [7, 11) is -3.45. The van der Waals surface area contributed by atoms with E-state index >= 15 is 0 Å². The Hall–Kier alpha value is -0.820. The molecule has 0 spiro atoms. The Bertz CT molecular complexity index is 834. The minimum atomic E-state index is -3.45. The molecule has 2 aliphatic heterocycles. The number of rotatable bonds is 4. The summed E-state index contributed by atoms with van der Waals surface area (Å²) in [5.74, 6) is 0.00245. The Labute approximate surface area is 178 Å². The second-order valence-electron chi connectivity index (χ2n) is 8.71. The zero-order valence-electron chi connectivity index (χ0n) is 16.5. The number of carbonyl (C=O) groups is 1. The summed E-state index contributed by atoms with van der Waals surface area (Å²) in [5.41, 5.74) is 0.779. The minimum absolute atomic E-state index is 0.0784. The molecule has 156 valence electrons. The van der Waals surface area contributed by atoms with Crippen molar-refractivity contribution < 1.29 is 13.2 Å². The van der Waals surface area contributed by atoms with Crippen LogP contribution in [-0.4, -0.2) is 49.7 Å². The first-order valence-electron chi connectivity index (χ1n) is 9.78. The number of amides is 1. The maximum atomic E-state index is 12.9. The molecular formula is C20H28Cl2N2O3S. The molecule has 28 heavy (non-hydrogen) atoms. The van der Waals surface area contributed by atoms with Crippen LogP contribution in [0.25, 0.3) is 0 Å². The van der Waals surface area contributed by atoms with Gasteiger partial charge in [-0.1, -0.05) is 43.1 Å². The molecule has 2 saturated heterocycles. The number of likely N-dealkylation sites (tertiary alicyclic amines) is 1. The van der Waals surface area contributed by atoms with Crippen molar-refractivity contribution in [1.82, 2.24) is 9.21 Å². The molecule has 0 saturated carbocycles. The lowest BCUT2D eigenvalue weighted by Gasteiger charge is -2.40. The van der Waals surface area contributed by atoms with Crippen molar-refractivity contribution in [2.45, 2.75) is 45.3 Å². The normalized spacial score (nSPS) is 21.6. The SMILES string of the molecule is CC1(C)CCCN(C(=O)C2CCN(S(=O)(=O)Cc3ccc(Cl)c(Cl)c3)CC2)C1. The lowest BCUT2D eigenvalue weighted by molar-refractivity contribution is -0.139. The van der Waals surface area contributed by atoms with Crippen LogP contribution >= 0.6 is 23.2 Å². The molecule has 0 radical (unpaired) electrons. The van der Waals surface area contributed by atoms with E-state index in [4.69, 9.17) is 23.2 Å². The van der Waals surface area contributed by atoms with E-state index in [9.17, 15) is 13.2 Å². The number of hydrogen-bond acceptors (Lipinski definition) is 3. The molecule has 0 unspecified atom stereocenters. The van der Waals surface area contributed by atoms with Crippen LogP contribution in [0.2, 0.25) is 10.0 Å². The van der Waals surface area contributed by atoms with Crippen molar-refractivity contribution in [2.75, 3.05) is 26.2 Å². The van der Waals surface area contributed by atoms with E-state index in [0.29, 0.717) is 41.5 Å². The highest BCUT2D eigenvalue weighted by Crippen LogP contribution is 2.31. The summed E-state index contributed by atoms with van der Waals surface area (Å²) in [4.78, 5) is 14.9. The molecule has 8 heteroatoms. The Morgan fingerprint density at radius 3 is 2.43 bits per heavy atom. The fourth-order valence-corrected chi connectivity index (χ4v) is 6.05. The second kappa shape index (κ2) is 8.50. The standard InChI is InChI=1S/C20H28Cl2N2O3S/c1-20(2)8-3-9-23(14-20)19(25)16-6-10-24(11-7-16)28(26,27)13-15-4-5-17(21)18(22)12-15/h4-5,12,16H,3,6-11,13-14H2,1-2H3. The summed E-state index contributed by atoms with van der Waals surface area (Å²) < 4.78 is 27.0. The molecule has 0 aliphatic carbocycles. The lowest BCUT2D eigenvalue weighted by atomic mass is 9.83.